The van der Waals surface area contributed by atoms with E-state index in [9.17, 15) is 0 Å². The van der Waals surface area contributed by atoms with E-state index in [1.54, 1.807) is 6.20 Å². The molecule has 3 aromatic rings. The maximum Gasteiger partial charge on any atom is 0.231 e. The number of rotatable bonds is 5. The fourth-order valence-electron chi connectivity index (χ4n) is 2.55. The second-order valence-electron chi connectivity index (χ2n) is 5.30. The van der Waals surface area contributed by atoms with Crippen molar-refractivity contribution in [3.63, 3.8) is 0 Å². The normalized spacial score (nSPS) is 12.2. The molecule has 0 bridgehead atoms. The van der Waals surface area contributed by atoms with E-state index in [1.165, 1.54) is 0 Å². The first-order valence-corrected chi connectivity index (χ1v) is 7.85. The summed E-state index contributed by atoms with van der Waals surface area (Å²) in [5, 5.41) is 14.3. The van der Waals surface area contributed by atoms with Gasteiger partial charge in [0.2, 0.25) is 6.79 Å². The van der Waals surface area contributed by atoms with E-state index in [4.69, 9.17) is 21.1 Å². The number of hydrogen-bond donors (Lipinski definition) is 3. The minimum Gasteiger partial charge on any atom is -0.454 e. The molecule has 0 saturated carbocycles. The molecule has 0 amide bonds. The summed E-state index contributed by atoms with van der Waals surface area (Å²) in [5.74, 6) is 2.34. The van der Waals surface area contributed by atoms with Crippen LogP contribution in [0.2, 0.25) is 5.02 Å². The van der Waals surface area contributed by atoms with E-state index in [0.29, 0.717) is 11.6 Å². The Kier molecular flexibility index (Phi) is 3.88. The lowest BCUT2D eigenvalue weighted by Crippen LogP contribution is -2.03. The largest absolute Gasteiger partial charge is 0.454 e. The highest BCUT2D eigenvalue weighted by Gasteiger charge is 2.17. The number of aromatic nitrogens is 2. The van der Waals surface area contributed by atoms with Gasteiger partial charge in [-0.1, -0.05) is 29.8 Å². The predicted octanol–water partition coefficient (Wildman–Crippen LogP) is 4.15. The van der Waals surface area contributed by atoms with Gasteiger partial charge in [0.15, 0.2) is 11.5 Å². The van der Waals surface area contributed by atoms with Gasteiger partial charge in [0.1, 0.15) is 11.5 Å². The zero-order valence-corrected chi connectivity index (χ0v) is 13.4. The molecule has 6 nitrogen and oxygen atoms in total. The molecule has 1 aliphatic heterocycles. The average molecular weight is 343 g/mol. The molecule has 2 heterocycles. The third-order valence-electron chi connectivity index (χ3n) is 3.68. The number of aromatic amines is 1. The number of nitrogens with one attached hydrogen (secondary N) is 3. The fraction of sp³-hybridized carbons (Fsp3) is 0.118. The lowest BCUT2D eigenvalue weighted by atomic mass is 10.2. The Labute approximate surface area is 143 Å². The first-order chi connectivity index (χ1) is 11.8. The molecule has 0 aliphatic carbocycles. The number of ether oxygens (including phenoxy) is 2. The molecular weight excluding hydrogens is 328 g/mol. The summed E-state index contributed by atoms with van der Waals surface area (Å²) in [6, 6.07) is 13.4. The number of para-hydroxylation sites is 1. The first kappa shape index (κ1) is 14.7. The van der Waals surface area contributed by atoms with Crippen LogP contribution in [-0.4, -0.2) is 17.0 Å². The van der Waals surface area contributed by atoms with Gasteiger partial charge in [0.25, 0.3) is 0 Å². The highest BCUT2D eigenvalue weighted by atomic mass is 35.5. The van der Waals surface area contributed by atoms with Crippen molar-refractivity contribution in [2.24, 2.45) is 0 Å². The maximum absolute atomic E-state index is 6.02. The molecule has 0 radical (unpaired) electrons. The molecule has 0 atom stereocenters. The van der Waals surface area contributed by atoms with Crippen LogP contribution >= 0.6 is 11.6 Å². The van der Waals surface area contributed by atoms with Crippen LogP contribution < -0.4 is 20.1 Å². The molecular formula is C17H15ClN4O2. The summed E-state index contributed by atoms with van der Waals surface area (Å²) < 4.78 is 10.9. The third kappa shape index (κ3) is 2.96. The van der Waals surface area contributed by atoms with Crippen molar-refractivity contribution in [3.05, 3.63) is 59.2 Å². The van der Waals surface area contributed by atoms with Crippen molar-refractivity contribution in [2.75, 3.05) is 17.4 Å². The summed E-state index contributed by atoms with van der Waals surface area (Å²) in [6.07, 6.45) is 1.72. The van der Waals surface area contributed by atoms with Gasteiger partial charge in [0.05, 0.1) is 6.20 Å². The van der Waals surface area contributed by atoms with Gasteiger partial charge in [-0.05, 0) is 24.3 Å². The van der Waals surface area contributed by atoms with E-state index in [0.717, 1.165) is 34.3 Å². The SMILES string of the molecule is Clc1cccc(Nc2cn[nH]c2NCc2cccc3c2OCO3)c1. The summed E-state index contributed by atoms with van der Waals surface area (Å²) in [6.45, 7) is 0.844. The number of nitrogens with zero attached hydrogens (tertiary/aromatic N) is 1. The lowest BCUT2D eigenvalue weighted by molar-refractivity contribution is 0.173. The van der Waals surface area contributed by atoms with Gasteiger partial charge < -0.3 is 20.1 Å². The van der Waals surface area contributed by atoms with E-state index in [1.807, 2.05) is 42.5 Å². The molecule has 0 unspecified atom stereocenters. The van der Waals surface area contributed by atoms with E-state index in [-0.39, 0.29) is 6.79 Å². The van der Waals surface area contributed by atoms with Crippen LogP contribution in [0.15, 0.2) is 48.7 Å². The van der Waals surface area contributed by atoms with Crippen molar-refractivity contribution in [1.29, 1.82) is 0 Å². The van der Waals surface area contributed by atoms with E-state index in [2.05, 4.69) is 20.8 Å². The summed E-state index contributed by atoms with van der Waals surface area (Å²) in [7, 11) is 0. The zero-order valence-electron chi connectivity index (χ0n) is 12.7. The van der Waals surface area contributed by atoms with Crippen LogP contribution in [0.5, 0.6) is 11.5 Å². The van der Waals surface area contributed by atoms with Gasteiger partial charge in [0, 0.05) is 22.8 Å². The number of benzene rings is 2. The van der Waals surface area contributed by atoms with Crippen LogP contribution in [0.25, 0.3) is 0 Å². The van der Waals surface area contributed by atoms with Crippen LogP contribution in [-0.2, 0) is 6.54 Å². The molecule has 4 rings (SSSR count). The van der Waals surface area contributed by atoms with Crippen molar-refractivity contribution in [2.45, 2.75) is 6.54 Å². The monoisotopic (exact) mass is 342 g/mol. The zero-order chi connectivity index (χ0) is 16.4. The second kappa shape index (κ2) is 6.33. The minimum atomic E-state index is 0.262. The quantitative estimate of drug-likeness (QED) is 0.649. The Balaban J connectivity index is 1.49. The number of anilines is 3. The third-order valence-corrected chi connectivity index (χ3v) is 3.91. The molecule has 1 aromatic heterocycles. The van der Waals surface area contributed by atoms with Crippen LogP contribution in [0.1, 0.15) is 5.56 Å². The van der Waals surface area contributed by atoms with Gasteiger partial charge in [-0.3, -0.25) is 5.10 Å². The fourth-order valence-corrected chi connectivity index (χ4v) is 2.74. The number of H-pyrrole nitrogens is 1. The van der Waals surface area contributed by atoms with Gasteiger partial charge in [-0.15, -0.1) is 0 Å². The first-order valence-electron chi connectivity index (χ1n) is 7.47. The second-order valence-corrected chi connectivity index (χ2v) is 5.73. The molecule has 0 spiro atoms. The Morgan fingerprint density at radius 3 is 3.00 bits per heavy atom. The molecule has 24 heavy (non-hydrogen) atoms. The number of halogens is 1. The molecule has 0 saturated heterocycles. The van der Waals surface area contributed by atoms with Gasteiger partial charge in [-0.25, -0.2) is 0 Å². The molecule has 122 valence electrons. The van der Waals surface area contributed by atoms with Crippen molar-refractivity contribution in [1.82, 2.24) is 10.2 Å². The number of fused-ring (bicyclic) bond motifs is 1. The highest BCUT2D eigenvalue weighted by Crippen LogP contribution is 2.36. The summed E-state index contributed by atoms with van der Waals surface area (Å²) in [5.41, 5.74) is 2.75. The summed E-state index contributed by atoms with van der Waals surface area (Å²) >= 11 is 6.02. The van der Waals surface area contributed by atoms with Crippen molar-refractivity contribution < 1.29 is 9.47 Å². The van der Waals surface area contributed by atoms with Crippen LogP contribution in [0, 0.1) is 0 Å². The van der Waals surface area contributed by atoms with Crippen LogP contribution in [0.4, 0.5) is 17.2 Å². The topological polar surface area (TPSA) is 71.2 Å². The lowest BCUT2D eigenvalue weighted by Gasteiger charge is -2.10. The molecule has 0 fully saturated rings. The molecule has 7 heteroatoms. The number of hydrogen-bond acceptors (Lipinski definition) is 5. The molecule has 3 N–H and O–H groups in total. The van der Waals surface area contributed by atoms with Crippen molar-refractivity contribution in [3.8, 4) is 11.5 Å². The Morgan fingerprint density at radius 1 is 1.17 bits per heavy atom. The average Bonchev–Trinajstić information content (AvgIpc) is 3.22. The Hall–Kier alpha value is -2.86. The Bertz CT molecular complexity index is 865. The molecule has 1 aliphatic rings. The molecule has 2 aromatic carbocycles. The standard InChI is InChI=1S/C17H15ClN4O2/c18-12-4-2-5-13(7-12)21-14-9-20-22-17(14)19-8-11-3-1-6-15-16(11)24-10-23-15/h1-7,9,21H,8,10H2,(H2,19,20,22). The van der Waals surface area contributed by atoms with Crippen molar-refractivity contribution >= 4 is 28.8 Å². The predicted molar refractivity (Wildman–Crippen MR) is 93.2 cm³/mol. The van der Waals surface area contributed by atoms with Gasteiger partial charge >= 0.3 is 0 Å². The Morgan fingerprint density at radius 2 is 2.08 bits per heavy atom. The minimum absolute atomic E-state index is 0.262. The highest BCUT2D eigenvalue weighted by molar-refractivity contribution is 6.30. The van der Waals surface area contributed by atoms with Gasteiger partial charge in [-0.2, -0.15) is 5.10 Å². The smallest absolute Gasteiger partial charge is 0.231 e. The maximum atomic E-state index is 6.02. The summed E-state index contributed by atoms with van der Waals surface area (Å²) in [4.78, 5) is 0. The van der Waals surface area contributed by atoms with Crippen LogP contribution in [0.3, 0.4) is 0 Å². The van der Waals surface area contributed by atoms with E-state index < -0.39 is 0 Å². The van der Waals surface area contributed by atoms with E-state index >= 15 is 0 Å².